The van der Waals surface area contributed by atoms with Gasteiger partial charge in [-0.1, -0.05) is 29.8 Å². The predicted octanol–water partition coefficient (Wildman–Crippen LogP) is 2.63. The van der Waals surface area contributed by atoms with Crippen molar-refractivity contribution in [2.45, 2.75) is 26.8 Å². The third kappa shape index (κ3) is 2.65. The first-order valence-electron chi connectivity index (χ1n) is 8.78. The van der Waals surface area contributed by atoms with Crippen LogP contribution < -0.4 is 9.91 Å². The Kier molecular flexibility index (Phi) is 3.91. The average molecular weight is 361 g/mol. The van der Waals surface area contributed by atoms with E-state index in [9.17, 15) is 14.4 Å². The molecule has 0 bridgehead atoms. The Hall–Kier alpha value is -3.28. The van der Waals surface area contributed by atoms with E-state index in [2.05, 4.69) is 5.10 Å². The lowest BCUT2D eigenvalue weighted by atomic mass is 9.95. The molecule has 0 N–H and O–H groups in total. The highest BCUT2D eigenvalue weighted by Gasteiger charge is 2.58. The highest BCUT2D eigenvalue weighted by Crippen LogP contribution is 2.38. The maximum atomic E-state index is 13.2. The number of carbonyl (C=O) groups is 3. The molecule has 2 amide bonds. The molecule has 0 spiro atoms. The molecule has 2 heterocycles. The van der Waals surface area contributed by atoms with Crippen molar-refractivity contribution in [1.29, 1.82) is 0 Å². The van der Waals surface area contributed by atoms with E-state index in [1.165, 1.54) is 16.8 Å². The van der Waals surface area contributed by atoms with Crippen LogP contribution in [0.3, 0.4) is 0 Å². The lowest BCUT2D eigenvalue weighted by molar-refractivity contribution is -0.122. The number of amides is 2. The second kappa shape index (κ2) is 6.16. The van der Waals surface area contributed by atoms with Gasteiger partial charge in [0.15, 0.2) is 5.78 Å². The number of hydrogen-bond acceptors (Lipinski definition) is 5. The molecule has 4 rings (SSSR count). The monoisotopic (exact) mass is 361 g/mol. The van der Waals surface area contributed by atoms with Crippen molar-refractivity contribution in [3.05, 3.63) is 59.7 Å². The summed E-state index contributed by atoms with van der Waals surface area (Å²) < 4.78 is 0. The minimum atomic E-state index is -0.878. The zero-order valence-electron chi connectivity index (χ0n) is 15.3. The van der Waals surface area contributed by atoms with Gasteiger partial charge in [0, 0.05) is 6.92 Å². The summed E-state index contributed by atoms with van der Waals surface area (Å²) in [4.78, 5) is 39.6. The first kappa shape index (κ1) is 17.1. The van der Waals surface area contributed by atoms with Gasteiger partial charge in [-0.2, -0.15) is 5.10 Å². The van der Waals surface area contributed by atoms with Crippen molar-refractivity contribution in [2.75, 3.05) is 9.91 Å². The number of carbonyl (C=O) groups excluding carboxylic acids is 3. The minimum Gasteiger partial charge on any atom is -0.293 e. The van der Waals surface area contributed by atoms with Gasteiger partial charge in [0.05, 0.1) is 11.4 Å². The number of rotatable bonds is 3. The molecule has 2 aromatic carbocycles. The summed E-state index contributed by atoms with van der Waals surface area (Å²) in [6.07, 6.45) is 0. The molecule has 2 atom stereocenters. The molecule has 2 aliphatic heterocycles. The van der Waals surface area contributed by atoms with Gasteiger partial charge in [0.1, 0.15) is 17.7 Å². The zero-order chi connectivity index (χ0) is 19.3. The predicted molar refractivity (Wildman–Crippen MR) is 103 cm³/mol. The van der Waals surface area contributed by atoms with E-state index in [1.54, 1.807) is 12.1 Å². The second-order valence-corrected chi connectivity index (χ2v) is 6.99. The van der Waals surface area contributed by atoms with Gasteiger partial charge in [-0.05, 0) is 43.7 Å². The molecule has 2 aliphatic rings. The number of benzene rings is 2. The summed E-state index contributed by atoms with van der Waals surface area (Å²) in [6, 6.07) is 13.9. The van der Waals surface area contributed by atoms with Gasteiger partial charge in [0.25, 0.3) is 5.91 Å². The number of ketones is 1. The summed E-state index contributed by atoms with van der Waals surface area (Å²) in [5.41, 5.74) is 3.37. The Morgan fingerprint density at radius 3 is 2.26 bits per heavy atom. The molecule has 1 fully saturated rings. The number of hydrazone groups is 1. The maximum Gasteiger partial charge on any atom is 0.259 e. The molecule has 0 radical (unpaired) electrons. The summed E-state index contributed by atoms with van der Waals surface area (Å²) in [6.45, 7) is 5.25. The number of Topliss-reactive ketones (excluding diaryl/α,β-unsaturated/α-hetero) is 1. The van der Waals surface area contributed by atoms with E-state index in [4.69, 9.17) is 0 Å². The Morgan fingerprint density at radius 1 is 0.926 bits per heavy atom. The third-order valence-corrected chi connectivity index (χ3v) is 4.97. The fraction of sp³-hybridized carbons (Fsp3) is 0.238. The van der Waals surface area contributed by atoms with Crippen molar-refractivity contribution >= 4 is 34.7 Å². The maximum absolute atomic E-state index is 13.2. The van der Waals surface area contributed by atoms with Crippen LogP contribution in [0.4, 0.5) is 11.4 Å². The smallest absolute Gasteiger partial charge is 0.259 e. The van der Waals surface area contributed by atoms with Crippen molar-refractivity contribution in [3.8, 4) is 0 Å². The van der Waals surface area contributed by atoms with E-state index in [1.807, 2.05) is 50.2 Å². The van der Waals surface area contributed by atoms with E-state index < -0.39 is 17.9 Å². The van der Waals surface area contributed by atoms with Crippen LogP contribution in [0.2, 0.25) is 0 Å². The fourth-order valence-corrected chi connectivity index (χ4v) is 3.64. The molecular formula is C21H19N3O3. The Morgan fingerprint density at radius 2 is 1.63 bits per heavy atom. The van der Waals surface area contributed by atoms with Crippen molar-refractivity contribution in [2.24, 2.45) is 11.0 Å². The number of fused-ring (bicyclic) bond motifs is 1. The van der Waals surface area contributed by atoms with Crippen LogP contribution in [0.15, 0.2) is 53.6 Å². The van der Waals surface area contributed by atoms with Gasteiger partial charge < -0.3 is 0 Å². The number of aryl methyl sites for hydroxylation is 2. The van der Waals surface area contributed by atoms with Crippen molar-refractivity contribution in [1.82, 2.24) is 0 Å². The van der Waals surface area contributed by atoms with Crippen molar-refractivity contribution < 1.29 is 14.4 Å². The largest absolute Gasteiger partial charge is 0.293 e. The van der Waals surface area contributed by atoms with Crippen LogP contribution in [-0.4, -0.2) is 29.4 Å². The van der Waals surface area contributed by atoms with Crippen LogP contribution in [0.1, 0.15) is 18.1 Å². The molecule has 0 saturated carbocycles. The summed E-state index contributed by atoms with van der Waals surface area (Å²) in [5.74, 6) is -1.95. The standard InChI is InChI=1S/C21H19N3O3/c1-12-7-9-15(10-8-12)23-20(26)17-18(14(3)25)22-24(19(17)21(23)27)16-6-4-5-13(2)11-16/h4-11,17,19H,1-3H3. The molecule has 0 aliphatic carbocycles. The number of hydrogen-bond donors (Lipinski definition) is 0. The van der Waals surface area contributed by atoms with Crippen LogP contribution in [-0.2, 0) is 14.4 Å². The lowest BCUT2D eigenvalue weighted by Crippen LogP contribution is -2.39. The molecule has 6 nitrogen and oxygen atoms in total. The summed E-state index contributed by atoms with van der Waals surface area (Å²) >= 11 is 0. The van der Waals surface area contributed by atoms with Gasteiger partial charge in [-0.15, -0.1) is 0 Å². The van der Waals surface area contributed by atoms with E-state index >= 15 is 0 Å². The Balaban J connectivity index is 1.80. The average Bonchev–Trinajstić information content (AvgIpc) is 3.14. The van der Waals surface area contributed by atoms with E-state index in [-0.39, 0.29) is 17.4 Å². The third-order valence-electron chi connectivity index (χ3n) is 4.97. The second-order valence-electron chi connectivity index (χ2n) is 6.99. The molecule has 2 unspecified atom stereocenters. The number of anilines is 2. The Bertz CT molecular complexity index is 994. The van der Waals surface area contributed by atoms with Gasteiger partial charge >= 0.3 is 0 Å². The quantitative estimate of drug-likeness (QED) is 0.788. The molecule has 1 saturated heterocycles. The van der Waals surface area contributed by atoms with E-state index in [0.29, 0.717) is 11.4 Å². The molecule has 27 heavy (non-hydrogen) atoms. The SMILES string of the molecule is CC(=O)C1=NN(c2cccc(C)c2)C2C(=O)N(c3ccc(C)cc3)C(=O)C12. The molecule has 6 heteroatoms. The molecular weight excluding hydrogens is 342 g/mol. The highest BCUT2D eigenvalue weighted by atomic mass is 16.2. The van der Waals surface area contributed by atoms with Crippen LogP contribution in [0.25, 0.3) is 0 Å². The van der Waals surface area contributed by atoms with Gasteiger partial charge in [-0.25, -0.2) is 4.90 Å². The van der Waals surface area contributed by atoms with Crippen LogP contribution in [0, 0.1) is 19.8 Å². The molecule has 136 valence electrons. The van der Waals surface area contributed by atoms with Gasteiger partial charge in [0.2, 0.25) is 5.91 Å². The fourth-order valence-electron chi connectivity index (χ4n) is 3.64. The zero-order valence-corrected chi connectivity index (χ0v) is 15.3. The number of nitrogens with zero attached hydrogens (tertiary/aromatic N) is 3. The molecule has 2 aromatic rings. The lowest BCUT2D eigenvalue weighted by Gasteiger charge is -2.22. The first-order valence-corrected chi connectivity index (χ1v) is 8.78. The normalized spacial score (nSPS) is 21.5. The van der Waals surface area contributed by atoms with Crippen LogP contribution >= 0.6 is 0 Å². The van der Waals surface area contributed by atoms with Crippen LogP contribution in [0.5, 0.6) is 0 Å². The summed E-state index contributed by atoms with van der Waals surface area (Å²) in [5, 5.41) is 5.88. The molecule has 0 aromatic heterocycles. The number of imide groups is 1. The minimum absolute atomic E-state index is 0.134. The van der Waals surface area contributed by atoms with Crippen molar-refractivity contribution in [3.63, 3.8) is 0 Å². The van der Waals surface area contributed by atoms with E-state index in [0.717, 1.165) is 11.1 Å². The topological polar surface area (TPSA) is 70.1 Å². The Labute approximate surface area is 157 Å². The summed E-state index contributed by atoms with van der Waals surface area (Å²) in [7, 11) is 0. The van der Waals surface area contributed by atoms with Gasteiger partial charge in [-0.3, -0.25) is 19.4 Å². The highest BCUT2D eigenvalue weighted by molar-refractivity contribution is 6.48. The first-order chi connectivity index (χ1) is 12.9.